The van der Waals surface area contributed by atoms with Gasteiger partial charge in [0.1, 0.15) is 0 Å². The summed E-state index contributed by atoms with van der Waals surface area (Å²) < 4.78 is 5.69. The Kier molecular flexibility index (Phi) is 4.19. The summed E-state index contributed by atoms with van der Waals surface area (Å²) >= 11 is 0. The molecule has 1 aliphatic heterocycles. The van der Waals surface area contributed by atoms with Gasteiger partial charge >= 0.3 is 0 Å². The lowest BCUT2D eigenvalue weighted by atomic mass is 10.1. The highest BCUT2D eigenvalue weighted by Gasteiger charge is 2.26. The second kappa shape index (κ2) is 5.69. The molecule has 104 valence electrons. The Labute approximate surface area is 113 Å². The molecule has 1 aliphatic rings. The van der Waals surface area contributed by atoms with Crippen LogP contribution in [0.2, 0.25) is 0 Å². The van der Waals surface area contributed by atoms with Crippen LogP contribution in [0.5, 0.6) is 0 Å². The van der Waals surface area contributed by atoms with Gasteiger partial charge in [0.2, 0.25) is 0 Å². The van der Waals surface area contributed by atoms with Crippen LogP contribution in [0.3, 0.4) is 0 Å². The van der Waals surface area contributed by atoms with Gasteiger partial charge in [-0.15, -0.1) is 0 Å². The monoisotopic (exact) mass is 263 g/mol. The molecule has 0 aliphatic carbocycles. The molecule has 1 fully saturated rings. The van der Waals surface area contributed by atoms with Gasteiger partial charge in [-0.2, -0.15) is 0 Å². The highest BCUT2D eigenvalue weighted by molar-refractivity contribution is 5.93. The van der Waals surface area contributed by atoms with Crippen LogP contribution in [-0.4, -0.2) is 36.1 Å². The molecule has 1 aromatic carbocycles. The lowest BCUT2D eigenvalue weighted by Crippen LogP contribution is -2.47. The average Bonchev–Trinajstić information content (AvgIpc) is 2.37. The maximum atomic E-state index is 11.5. The van der Waals surface area contributed by atoms with Crippen molar-refractivity contribution >= 4 is 5.91 Å². The standard InChI is InChI=1S/C14H21N3O2/c1-14(2)10-17(6-7-19-14)9-11-4-3-5-12(8-11)13(18)16-15/h3-5,8H,6-7,9-10,15H2,1-2H3,(H,16,18). The number of nitrogens with zero attached hydrogens (tertiary/aromatic N) is 1. The van der Waals surface area contributed by atoms with E-state index in [1.165, 1.54) is 0 Å². The lowest BCUT2D eigenvalue weighted by molar-refractivity contribution is -0.0882. The first kappa shape index (κ1) is 14.0. The number of nitrogens with two attached hydrogens (primary N) is 1. The summed E-state index contributed by atoms with van der Waals surface area (Å²) in [6, 6.07) is 7.54. The Bertz CT molecular complexity index is 460. The van der Waals surface area contributed by atoms with Gasteiger partial charge in [0.15, 0.2) is 0 Å². The molecule has 5 heteroatoms. The molecule has 1 amide bonds. The van der Waals surface area contributed by atoms with E-state index in [-0.39, 0.29) is 11.5 Å². The molecule has 0 bridgehead atoms. The van der Waals surface area contributed by atoms with E-state index in [1.807, 2.05) is 18.2 Å². The van der Waals surface area contributed by atoms with Crippen LogP contribution >= 0.6 is 0 Å². The van der Waals surface area contributed by atoms with Gasteiger partial charge in [-0.1, -0.05) is 12.1 Å². The number of amides is 1. The number of carbonyl (C=O) groups excluding carboxylic acids is 1. The first-order valence-corrected chi connectivity index (χ1v) is 6.46. The Morgan fingerprint density at radius 1 is 1.53 bits per heavy atom. The SMILES string of the molecule is CC1(C)CN(Cc2cccc(C(=O)NN)c2)CCO1. The lowest BCUT2D eigenvalue weighted by Gasteiger charge is -2.38. The largest absolute Gasteiger partial charge is 0.373 e. The Hall–Kier alpha value is -1.43. The molecule has 2 rings (SSSR count). The van der Waals surface area contributed by atoms with Crippen molar-refractivity contribution in [2.45, 2.75) is 26.0 Å². The second-order valence-electron chi connectivity index (χ2n) is 5.49. The molecular formula is C14H21N3O2. The first-order chi connectivity index (χ1) is 9.00. The number of ether oxygens (including phenoxy) is 1. The molecule has 0 atom stereocenters. The van der Waals surface area contributed by atoms with Crippen LogP contribution in [0.25, 0.3) is 0 Å². The molecular weight excluding hydrogens is 242 g/mol. The number of hydrogen-bond donors (Lipinski definition) is 2. The Morgan fingerprint density at radius 3 is 3.00 bits per heavy atom. The number of morpholine rings is 1. The van der Waals surface area contributed by atoms with E-state index in [9.17, 15) is 4.79 Å². The normalized spacial score (nSPS) is 19.1. The van der Waals surface area contributed by atoms with E-state index in [2.05, 4.69) is 24.2 Å². The number of rotatable bonds is 3. The van der Waals surface area contributed by atoms with E-state index in [0.717, 1.165) is 31.8 Å². The van der Waals surface area contributed by atoms with Gasteiger partial charge in [-0.05, 0) is 31.5 Å². The van der Waals surface area contributed by atoms with Crippen molar-refractivity contribution < 1.29 is 9.53 Å². The van der Waals surface area contributed by atoms with E-state index in [4.69, 9.17) is 10.6 Å². The number of benzene rings is 1. The number of carbonyl (C=O) groups is 1. The Balaban J connectivity index is 2.05. The van der Waals surface area contributed by atoms with Crippen molar-refractivity contribution in [1.29, 1.82) is 0 Å². The summed E-state index contributed by atoms with van der Waals surface area (Å²) in [6.07, 6.45) is 0. The summed E-state index contributed by atoms with van der Waals surface area (Å²) in [5, 5.41) is 0. The van der Waals surface area contributed by atoms with Crippen molar-refractivity contribution in [2.24, 2.45) is 5.84 Å². The zero-order chi connectivity index (χ0) is 13.9. The quantitative estimate of drug-likeness (QED) is 0.483. The van der Waals surface area contributed by atoms with E-state index < -0.39 is 0 Å². The molecule has 0 unspecified atom stereocenters. The first-order valence-electron chi connectivity index (χ1n) is 6.46. The number of nitrogen functional groups attached to an aromatic ring is 1. The van der Waals surface area contributed by atoms with Gasteiger partial charge in [0, 0.05) is 25.2 Å². The average molecular weight is 263 g/mol. The van der Waals surface area contributed by atoms with Gasteiger partial charge < -0.3 is 4.74 Å². The summed E-state index contributed by atoms with van der Waals surface area (Å²) in [4.78, 5) is 13.8. The second-order valence-corrected chi connectivity index (χ2v) is 5.49. The zero-order valence-electron chi connectivity index (χ0n) is 11.5. The molecule has 1 saturated heterocycles. The van der Waals surface area contributed by atoms with E-state index >= 15 is 0 Å². The molecule has 0 spiro atoms. The third-order valence-corrected chi connectivity index (χ3v) is 3.23. The van der Waals surface area contributed by atoms with E-state index in [1.54, 1.807) is 6.07 Å². The minimum absolute atomic E-state index is 0.107. The van der Waals surface area contributed by atoms with Crippen LogP contribution in [-0.2, 0) is 11.3 Å². The van der Waals surface area contributed by atoms with Gasteiger partial charge in [0.25, 0.3) is 5.91 Å². The highest BCUT2D eigenvalue weighted by atomic mass is 16.5. The number of nitrogens with one attached hydrogen (secondary N) is 1. The third kappa shape index (κ3) is 3.76. The summed E-state index contributed by atoms with van der Waals surface area (Å²) in [7, 11) is 0. The van der Waals surface area contributed by atoms with Crippen molar-refractivity contribution in [3.8, 4) is 0 Å². The van der Waals surface area contributed by atoms with Gasteiger partial charge in [0.05, 0.1) is 12.2 Å². The summed E-state index contributed by atoms with van der Waals surface area (Å²) in [6.45, 7) is 7.56. The van der Waals surface area contributed by atoms with Crippen molar-refractivity contribution in [2.75, 3.05) is 19.7 Å². The third-order valence-electron chi connectivity index (χ3n) is 3.23. The van der Waals surface area contributed by atoms with Crippen molar-refractivity contribution in [3.63, 3.8) is 0 Å². The molecule has 5 nitrogen and oxygen atoms in total. The van der Waals surface area contributed by atoms with Crippen LogP contribution in [0.4, 0.5) is 0 Å². The fourth-order valence-corrected chi connectivity index (χ4v) is 2.40. The number of hydrogen-bond acceptors (Lipinski definition) is 4. The maximum Gasteiger partial charge on any atom is 0.265 e. The van der Waals surface area contributed by atoms with Crippen molar-refractivity contribution in [1.82, 2.24) is 10.3 Å². The smallest absolute Gasteiger partial charge is 0.265 e. The highest BCUT2D eigenvalue weighted by Crippen LogP contribution is 2.18. The molecule has 0 radical (unpaired) electrons. The molecule has 0 aromatic heterocycles. The Morgan fingerprint density at radius 2 is 2.32 bits per heavy atom. The minimum Gasteiger partial charge on any atom is -0.373 e. The fourth-order valence-electron chi connectivity index (χ4n) is 2.40. The zero-order valence-corrected chi connectivity index (χ0v) is 11.5. The van der Waals surface area contributed by atoms with Gasteiger partial charge in [-0.3, -0.25) is 15.1 Å². The molecule has 1 heterocycles. The predicted molar refractivity (Wildman–Crippen MR) is 73.4 cm³/mol. The number of hydrazine groups is 1. The molecule has 19 heavy (non-hydrogen) atoms. The molecule has 3 N–H and O–H groups in total. The van der Waals surface area contributed by atoms with E-state index in [0.29, 0.717) is 5.56 Å². The maximum absolute atomic E-state index is 11.5. The van der Waals surface area contributed by atoms with Crippen molar-refractivity contribution in [3.05, 3.63) is 35.4 Å². The topological polar surface area (TPSA) is 67.6 Å². The van der Waals surface area contributed by atoms with Gasteiger partial charge in [-0.25, -0.2) is 5.84 Å². The molecule has 0 saturated carbocycles. The fraction of sp³-hybridized carbons (Fsp3) is 0.500. The minimum atomic E-state index is -0.260. The summed E-state index contributed by atoms with van der Waals surface area (Å²) in [5.74, 6) is 4.89. The van der Waals surface area contributed by atoms with Crippen LogP contribution in [0.1, 0.15) is 29.8 Å². The predicted octanol–water partition coefficient (Wildman–Crippen LogP) is 0.901. The summed E-state index contributed by atoms with van der Waals surface area (Å²) in [5.41, 5.74) is 3.75. The van der Waals surface area contributed by atoms with Crippen LogP contribution < -0.4 is 11.3 Å². The van der Waals surface area contributed by atoms with Crippen LogP contribution in [0, 0.1) is 0 Å². The van der Waals surface area contributed by atoms with Crippen LogP contribution in [0.15, 0.2) is 24.3 Å². The molecule has 1 aromatic rings.